The fourth-order valence-corrected chi connectivity index (χ4v) is 2.46. The van der Waals surface area contributed by atoms with Gasteiger partial charge in [0.25, 0.3) is 0 Å². The monoisotopic (exact) mass is 326 g/mol. The molecule has 0 atom stereocenters. The fraction of sp³-hybridized carbons (Fsp3) is 0.188. The largest absolute Gasteiger partial charge is 0.296 e. The molecule has 116 valence electrons. The van der Waals surface area contributed by atoms with Crippen molar-refractivity contribution in [3.8, 4) is 0 Å². The molecule has 23 heavy (non-hydrogen) atoms. The molecule has 3 aromatic rings. The molecule has 0 N–H and O–H groups in total. The number of hydrogen-bond donors (Lipinski definition) is 0. The van der Waals surface area contributed by atoms with Gasteiger partial charge in [-0.2, -0.15) is 9.61 Å². The molecule has 0 bridgehead atoms. The predicted molar refractivity (Wildman–Crippen MR) is 90.9 cm³/mol. The lowest BCUT2D eigenvalue weighted by Gasteiger charge is -2.04. The summed E-state index contributed by atoms with van der Waals surface area (Å²) in [7, 11) is 1.74. The zero-order valence-electron chi connectivity index (χ0n) is 12.8. The molecule has 3 aromatic heterocycles. The van der Waals surface area contributed by atoms with Crippen molar-refractivity contribution in [1.82, 2.24) is 24.8 Å². The molecule has 0 aromatic carbocycles. The zero-order valence-corrected chi connectivity index (χ0v) is 13.6. The summed E-state index contributed by atoms with van der Waals surface area (Å²) in [6.07, 6.45) is 6.00. The molecule has 6 nitrogen and oxygen atoms in total. The quantitative estimate of drug-likeness (QED) is 0.546. The number of nitrogens with zero attached hydrogens (tertiary/aromatic N) is 6. The lowest BCUT2D eigenvalue weighted by atomic mass is 10.2. The van der Waals surface area contributed by atoms with E-state index in [0.29, 0.717) is 17.2 Å². The third-order valence-corrected chi connectivity index (χ3v) is 3.56. The number of rotatable bonds is 4. The standard InChI is InChI=1S/C16H15ClN6/c1-3-12(10-18-2)13-4-5-15-20-21-16(23(15)22-13)9-11-6-7-19-14(17)8-11/h3-8,10H,9H2,1-2H3/b12-3+,18-10-. The SMILES string of the molecule is C/C=C(\C=N/C)c1ccc2nnc(Cc3ccnc(Cl)c3)n2n1. The number of aliphatic imine (C=N–C) groups is 1. The number of hydrogen-bond acceptors (Lipinski definition) is 5. The summed E-state index contributed by atoms with van der Waals surface area (Å²) in [5.74, 6) is 0.744. The highest BCUT2D eigenvalue weighted by Crippen LogP contribution is 2.14. The predicted octanol–water partition coefficient (Wildman–Crippen LogP) is 2.87. The van der Waals surface area contributed by atoms with Gasteiger partial charge in [-0.25, -0.2) is 4.98 Å². The molecular weight excluding hydrogens is 312 g/mol. The Hall–Kier alpha value is -2.60. The van der Waals surface area contributed by atoms with E-state index in [0.717, 1.165) is 22.7 Å². The molecule has 0 radical (unpaired) electrons. The van der Waals surface area contributed by atoms with E-state index in [1.54, 1.807) is 24.0 Å². The van der Waals surface area contributed by atoms with Gasteiger partial charge in [0, 0.05) is 31.5 Å². The molecule has 0 saturated carbocycles. The summed E-state index contributed by atoms with van der Waals surface area (Å²) < 4.78 is 1.75. The van der Waals surface area contributed by atoms with Crippen molar-refractivity contribution < 1.29 is 0 Å². The van der Waals surface area contributed by atoms with E-state index in [1.807, 2.05) is 37.3 Å². The molecule has 0 unspecified atom stereocenters. The van der Waals surface area contributed by atoms with Crippen molar-refractivity contribution in [2.24, 2.45) is 4.99 Å². The van der Waals surface area contributed by atoms with E-state index in [9.17, 15) is 0 Å². The third-order valence-electron chi connectivity index (χ3n) is 3.36. The first-order valence-corrected chi connectivity index (χ1v) is 7.49. The Morgan fingerprint density at radius 1 is 1.30 bits per heavy atom. The van der Waals surface area contributed by atoms with Crippen LogP contribution in [0.5, 0.6) is 0 Å². The van der Waals surface area contributed by atoms with Crippen LogP contribution < -0.4 is 0 Å². The van der Waals surface area contributed by atoms with Crippen LogP contribution in [0.2, 0.25) is 5.15 Å². The van der Waals surface area contributed by atoms with Gasteiger partial charge in [-0.3, -0.25) is 4.99 Å². The van der Waals surface area contributed by atoms with Crippen LogP contribution in [-0.2, 0) is 6.42 Å². The highest BCUT2D eigenvalue weighted by Gasteiger charge is 2.10. The molecular formula is C16H15ClN6. The summed E-state index contributed by atoms with van der Waals surface area (Å²) in [5.41, 5.74) is 3.47. The second-order valence-electron chi connectivity index (χ2n) is 4.90. The Balaban J connectivity index is 2.01. The van der Waals surface area contributed by atoms with Crippen LogP contribution in [-0.4, -0.2) is 38.1 Å². The van der Waals surface area contributed by atoms with Gasteiger partial charge in [0.2, 0.25) is 0 Å². The van der Waals surface area contributed by atoms with Crippen molar-refractivity contribution >= 4 is 29.0 Å². The summed E-state index contributed by atoms with van der Waals surface area (Å²) in [6, 6.07) is 7.52. The molecule has 0 saturated heterocycles. The molecule has 0 aliphatic heterocycles. The highest BCUT2D eigenvalue weighted by atomic mass is 35.5. The van der Waals surface area contributed by atoms with E-state index in [4.69, 9.17) is 11.6 Å². The summed E-state index contributed by atoms with van der Waals surface area (Å²) in [6.45, 7) is 1.95. The smallest absolute Gasteiger partial charge is 0.177 e. The maximum atomic E-state index is 5.93. The molecule has 3 rings (SSSR count). The minimum atomic E-state index is 0.459. The number of fused-ring (bicyclic) bond motifs is 1. The molecule has 7 heteroatoms. The van der Waals surface area contributed by atoms with Gasteiger partial charge >= 0.3 is 0 Å². The van der Waals surface area contributed by atoms with E-state index in [-0.39, 0.29) is 0 Å². The lowest BCUT2D eigenvalue weighted by molar-refractivity contribution is 0.831. The van der Waals surface area contributed by atoms with Crippen LogP contribution in [0.15, 0.2) is 41.5 Å². The summed E-state index contributed by atoms with van der Waals surface area (Å²) >= 11 is 5.93. The average Bonchev–Trinajstić information content (AvgIpc) is 2.95. The minimum absolute atomic E-state index is 0.459. The number of aromatic nitrogens is 5. The Bertz CT molecular complexity index is 896. The first kappa shape index (κ1) is 15.3. The van der Waals surface area contributed by atoms with Crippen LogP contribution in [0, 0.1) is 0 Å². The van der Waals surface area contributed by atoms with E-state index in [2.05, 4.69) is 25.3 Å². The Morgan fingerprint density at radius 3 is 2.91 bits per heavy atom. The van der Waals surface area contributed by atoms with Crippen LogP contribution in [0.3, 0.4) is 0 Å². The second-order valence-corrected chi connectivity index (χ2v) is 5.29. The minimum Gasteiger partial charge on any atom is -0.296 e. The number of halogens is 1. The maximum absolute atomic E-state index is 5.93. The number of pyridine rings is 1. The highest BCUT2D eigenvalue weighted by molar-refractivity contribution is 6.29. The fourth-order valence-electron chi connectivity index (χ4n) is 2.26. The number of allylic oxidation sites excluding steroid dienone is 2. The zero-order chi connectivity index (χ0) is 16.2. The molecule has 0 aliphatic carbocycles. The molecule has 0 aliphatic rings. The van der Waals surface area contributed by atoms with E-state index >= 15 is 0 Å². The second kappa shape index (κ2) is 6.66. The first-order valence-electron chi connectivity index (χ1n) is 7.12. The first-order chi connectivity index (χ1) is 11.2. The third kappa shape index (κ3) is 3.27. The van der Waals surface area contributed by atoms with Gasteiger partial charge in [0.15, 0.2) is 11.5 Å². The van der Waals surface area contributed by atoms with Crippen molar-refractivity contribution in [3.05, 3.63) is 58.8 Å². The van der Waals surface area contributed by atoms with Gasteiger partial charge in [0.1, 0.15) is 5.15 Å². The van der Waals surface area contributed by atoms with Gasteiger partial charge in [-0.1, -0.05) is 17.7 Å². The summed E-state index contributed by atoms with van der Waals surface area (Å²) in [5, 5.41) is 13.5. The lowest BCUT2D eigenvalue weighted by Crippen LogP contribution is -2.03. The van der Waals surface area contributed by atoms with Gasteiger partial charge in [-0.05, 0) is 36.8 Å². The van der Waals surface area contributed by atoms with Crippen LogP contribution in [0.25, 0.3) is 11.2 Å². The normalized spacial score (nSPS) is 12.4. The van der Waals surface area contributed by atoms with Crippen molar-refractivity contribution in [3.63, 3.8) is 0 Å². The Labute approximate surface area is 138 Å². The van der Waals surface area contributed by atoms with Crippen molar-refractivity contribution in [2.45, 2.75) is 13.3 Å². The van der Waals surface area contributed by atoms with Crippen molar-refractivity contribution in [1.29, 1.82) is 0 Å². The maximum Gasteiger partial charge on any atom is 0.177 e. The molecule has 0 spiro atoms. The molecule has 3 heterocycles. The Morgan fingerprint density at radius 2 is 2.17 bits per heavy atom. The average molecular weight is 327 g/mol. The van der Waals surface area contributed by atoms with Gasteiger partial charge < -0.3 is 0 Å². The van der Waals surface area contributed by atoms with Gasteiger partial charge in [-0.15, -0.1) is 10.2 Å². The van der Waals surface area contributed by atoms with E-state index < -0.39 is 0 Å². The topological polar surface area (TPSA) is 68.3 Å². The molecule has 0 amide bonds. The molecule has 0 fully saturated rings. The van der Waals surface area contributed by atoms with Crippen molar-refractivity contribution in [2.75, 3.05) is 7.05 Å². The summed E-state index contributed by atoms with van der Waals surface area (Å²) in [4.78, 5) is 8.04. The van der Waals surface area contributed by atoms with Crippen LogP contribution in [0.1, 0.15) is 24.0 Å². The van der Waals surface area contributed by atoms with E-state index in [1.165, 1.54) is 0 Å². The van der Waals surface area contributed by atoms with Crippen LogP contribution >= 0.6 is 11.6 Å². The Kier molecular flexibility index (Phi) is 4.43. The van der Waals surface area contributed by atoms with Crippen LogP contribution in [0.4, 0.5) is 0 Å². The van der Waals surface area contributed by atoms with Gasteiger partial charge in [0.05, 0.1) is 5.69 Å².